The van der Waals surface area contributed by atoms with E-state index < -0.39 is 5.41 Å². The zero-order valence-corrected chi connectivity index (χ0v) is 37.6. The molecule has 0 radical (unpaired) electrons. The summed E-state index contributed by atoms with van der Waals surface area (Å²) >= 11 is 1.87. The second kappa shape index (κ2) is 15.2. The average molecular weight is 882 g/mol. The molecule has 0 fully saturated rings. The van der Waals surface area contributed by atoms with E-state index in [-0.39, 0.29) is 0 Å². The van der Waals surface area contributed by atoms with E-state index >= 15 is 0 Å². The lowest BCUT2D eigenvalue weighted by Gasteiger charge is -2.30. The summed E-state index contributed by atoms with van der Waals surface area (Å²) in [6.45, 7) is 0. The maximum atomic E-state index is 5.31. The molecule has 0 unspecified atom stereocenters. The molecule has 0 bridgehead atoms. The summed E-state index contributed by atoms with van der Waals surface area (Å²) in [6, 6.07) is 85.6. The van der Waals surface area contributed by atoms with Crippen molar-refractivity contribution in [2.45, 2.75) is 5.41 Å². The molecule has 0 saturated heterocycles. The van der Waals surface area contributed by atoms with Gasteiger partial charge in [0.25, 0.3) is 0 Å². The highest BCUT2D eigenvalue weighted by molar-refractivity contribution is 7.26. The van der Waals surface area contributed by atoms with Crippen LogP contribution < -0.4 is 0 Å². The molecule has 2 heterocycles. The second-order valence-electron chi connectivity index (χ2n) is 17.8. The molecule has 0 N–H and O–H groups in total. The van der Waals surface area contributed by atoms with Crippen LogP contribution >= 0.6 is 11.3 Å². The number of thiophene rings is 1. The van der Waals surface area contributed by atoms with Gasteiger partial charge in [-0.25, -0.2) is 15.0 Å². The lowest BCUT2D eigenvalue weighted by molar-refractivity contribution is 0.794. The van der Waals surface area contributed by atoms with Gasteiger partial charge in [-0.05, 0) is 90.0 Å². The molecular formula is C64H39N3S. The third kappa shape index (κ3) is 5.88. The predicted molar refractivity (Wildman–Crippen MR) is 282 cm³/mol. The third-order valence-corrected chi connectivity index (χ3v) is 15.4. The van der Waals surface area contributed by atoms with Crippen LogP contribution in [0.1, 0.15) is 22.3 Å². The molecule has 0 amide bonds. The Morgan fingerprint density at radius 3 is 1.24 bits per heavy atom. The first-order chi connectivity index (χ1) is 33.7. The van der Waals surface area contributed by atoms with E-state index in [1.54, 1.807) is 0 Å². The van der Waals surface area contributed by atoms with Crippen LogP contribution in [0.5, 0.6) is 0 Å². The maximum absolute atomic E-state index is 5.31. The van der Waals surface area contributed by atoms with Gasteiger partial charge in [-0.3, -0.25) is 0 Å². The maximum Gasteiger partial charge on any atom is 0.164 e. The fourth-order valence-electron chi connectivity index (χ4n) is 11.1. The molecule has 14 rings (SSSR count). The molecule has 12 aromatic rings. The fourth-order valence-corrected chi connectivity index (χ4v) is 12.3. The number of nitrogens with zero attached hydrogens (tertiary/aromatic N) is 3. The monoisotopic (exact) mass is 881 g/mol. The van der Waals surface area contributed by atoms with Gasteiger partial charge >= 0.3 is 0 Å². The molecule has 2 aliphatic rings. The highest BCUT2D eigenvalue weighted by Gasteiger charge is 2.51. The van der Waals surface area contributed by atoms with E-state index in [1.807, 2.05) is 17.4 Å². The van der Waals surface area contributed by atoms with Gasteiger partial charge < -0.3 is 0 Å². The molecule has 2 aromatic heterocycles. The van der Waals surface area contributed by atoms with E-state index in [9.17, 15) is 0 Å². The van der Waals surface area contributed by atoms with Crippen LogP contribution in [0.15, 0.2) is 237 Å². The van der Waals surface area contributed by atoms with Crippen molar-refractivity contribution in [3.05, 3.63) is 259 Å². The second-order valence-corrected chi connectivity index (χ2v) is 18.9. The van der Waals surface area contributed by atoms with Gasteiger partial charge in [0.1, 0.15) is 0 Å². The summed E-state index contributed by atoms with van der Waals surface area (Å²) < 4.78 is 2.64. The molecule has 68 heavy (non-hydrogen) atoms. The molecular weight excluding hydrogens is 843 g/mol. The Hall–Kier alpha value is -8.57. The average Bonchev–Trinajstić information content (AvgIpc) is 4.05. The molecule has 1 spiro atoms. The summed E-state index contributed by atoms with van der Waals surface area (Å²) in [5, 5.41) is 2.63. The topological polar surface area (TPSA) is 38.7 Å². The van der Waals surface area contributed by atoms with Crippen LogP contribution in [-0.2, 0) is 5.41 Å². The molecule has 316 valence electrons. The SMILES string of the molecule is c1ccc(-c2ccc(-c3nc(-c4ccc(-c5ccc(-c6cccc7c6sc6ccccc67)cc5)cc4)nc(-c4ccc5c(c4)C4(c6ccccc6-c6ccccc64)c4ccccc4-5)n3)cc2)cc1. The van der Waals surface area contributed by atoms with E-state index in [0.717, 1.165) is 33.4 Å². The molecule has 4 heteroatoms. The minimum absolute atomic E-state index is 0.471. The largest absolute Gasteiger partial charge is 0.208 e. The van der Waals surface area contributed by atoms with Gasteiger partial charge in [0.2, 0.25) is 0 Å². The Morgan fingerprint density at radius 1 is 0.265 bits per heavy atom. The summed E-state index contributed by atoms with van der Waals surface area (Å²) in [5.74, 6) is 1.90. The summed E-state index contributed by atoms with van der Waals surface area (Å²) in [5.41, 5.74) is 19.7. The Balaban J connectivity index is 0.874. The van der Waals surface area contributed by atoms with Crippen molar-refractivity contribution in [2.75, 3.05) is 0 Å². The van der Waals surface area contributed by atoms with Crippen molar-refractivity contribution in [3.8, 4) is 89.8 Å². The highest BCUT2D eigenvalue weighted by Crippen LogP contribution is 2.63. The minimum Gasteiger partial charge on any atom is -0.208 e. The van der Waals surface area contributed by atoms with E-state index in [4.69, 9.17) is 15.0 Å². The van der Waals surface area contributed by atoms with Crippen LogP contribution in [0.2, 0.25) is 0 Å². The van der Waals surface area contributed by atoms with Gasteiger partial charge in [-0.2, -0.15) is 0 Å². The molecule has 2 aliphatic carbocycles. The molecule has 10 aromatic carbocycles. The van der Waals surface area contributed by atoms with Crippen molar-refractivity contribution in [1.29, 1.82) is 0 Å². The first kappa shape index (κ1) is 38.7. The number of benzene rings is 10. The summed E-state index contributed by atoms with van der Waals surface area (Å²) in [7, 11) is 0. The Morgan fingerprint density at radius 2 is 0.662 bits per heavy atom. The normalized spacial score (nSPS) is 12.8. The lowest BCUT2D eigenvalue weighted by Crippen LogP contribution is -2.25. The van der Waals surface area contributed by atoms with Crippen LogP contribution in [-0.4, -0.2) is 15.0 Å². The van der Waals surface area contributed by atoms with Gasteiger partial charge in [0.15, 0.2) is 17.5 Å². The number of hydrogen-bond acceptors (Lipinski definition) is 4. The molecule has 0 atom stereocenters. The van der Waals surface area contributed by atoms with Crippen molar-refractivity contribution < 1.29 is 0 Å². The van der Waals surface area contributed by atoms with Gasteiger partial charge in [0.05, 0.1) is 5.41 Å². The molecule has 0 aliphatic heterocycles. The fraction of sp³-hybridized carbons (Fsp3) is 0.0156. The van der Waals surface area contributed by atoms with Gasteiger partial charge in [0, 0.05) is 36.9 Å². The van der Waals surface area contributed by atoms with Crippen molar-refractivity contribution in [1.82, 2.24) is 15.0 Å². The zero-order chi connectivity index (χ0) is 44.8. The lowest BCUT2D eigenvalue weighted by atomic mass is 9.70. The number of aromatic nitrogens is 3. The van der Waals surface area contributed by atoms with E-state index in [0.29, 0.717) is 17.5 Å². The van der Waals surface area contributed by atoms with Crippen LogP contribution in [0.25, 0.3) is 110 Å². The van der Waals surface area contributed by atoms with Crippen LogP contribution in [0.4, 0.5) is 0 Å². The Labute approximate surface area is 398 Å². The Bertz CT molecular complexity index is 3880. The standard InChI is InChI=1S/C64H39N3S/c1-2-13-40(14-3-1)41-27-33-45(34-28-41)61-65-62(46-35-29-43(30-36-46)42-25-31-44(32-26-42)48-19-12-20-54-53-18-7-11-24-59(53)68-60(48)54)67-63(66-61)47-37-38-52-51-17-6-10-23-57(51)64(58(52)39-47)55-21-8-4-15-49(55)50-16-5-9-22-56(50)64/h1-39H. The molecule has 3 nitrogen and oxygen atoms in total. The van der Waals surface area contributed by atoms with Crippen molar-refractivity contribution in [2.24, 2.45) is 0 Å². The highest BCUT2D eigenvalue weighted by atomic mass is 32.1. The molecule has 0 saturated carbocycles. The van der Waals surface area contributed by atoms with Crippen LogP contribution in [0, 0.1) is 0 Å². The smallest absolute Gasteiger partial charge is 0.164 e. The summed E-state index contributed by atoms with van der Waals surface area (Å²) in [6.07, 6.45) is 0. The van der Waals surface area contributed by atoms with E-state index in [1.165, 1.54) is 81.4 Å². The third-order valence-electron chi connectivity index (χ3n) is 14.2. The van der Waals surface area contributed by atoms with Crippen molar-refractivity contribution >= 4 is 31.5 Å². The quantitative estimate of drug-likeness (QED) is 0.167. The van der Waals surface area contributed by atoms with Gasteiger partial charge in [-0.15, -0.1) is 11.3 Å². The number of fused-ring (bicyclic) bond motifs is 13. The predicted octanol–water partition coefficient (Wildman–Crippen LogP) is 16.6. The number of hydrogen-bond donors (Lipinski definition) is 0. The van der Waals surface area contributed by atoms with Gasteiger partial charge in [-0.1, -0.05) is 224 Å². The summed E-state index contributed by atoms with van der Waals surface area (Å²) in [4.78, 5) is 15.8. The number of rotatable bonds is 6. The zero-order valence-electron chi connectivity index (χ0n) is 36.8. The van der Waals surface area contributed by atoms with E-state index in [2.05, 4.69) is 231 Å². The first-order valence-electron chi connectivity index (χ1n) is 23.2. The van der Waals surface area contributed by atoms with Crippen LogP contribution in [0.3, 0.4) is 0 Å². The van der Waals surface area contributed by atoms with Crippen molar-refractivity contribution in [3.63, 3.8) is 0 Å². The first-order valence-corrected chi connectivity index (χ1v) is 24.0. The Kier molecular flexibility index (Phi) is 8.67. The minimum atomic E-state index is -0.471.